The number of aliphatic hydroxyl groups is 1. The number of aliphatic hydroxyl groups excluding tert-OH is 1. The monoisotopic (exact) mass is 301 g/mol. The zero-order valence-corrected chi connectivity index (χ0v) is 12.6. The highest BCUT2D eigenvalue weighted by atomic mass is 32.1. The quantitative estimate of drug-likeness (QED) is 0.942. The number of carbonyl (C=O) groups excluding carboxylic acids is 1. The number of thiophene rings is 1. The third-order valence-electron chi connectivity index (χ3n) is 4.05. The average Bonchev–Trinajstić information content (AvgIpc) is 3.11. The van der Waals surface area contributed by atoms with Crippen LogP contribution in [0.2, 0.25) is 0 Å². The number of likely N-dealkylation sites (tertiary alicyclic amines) is 1. The van der Waals surface area contributed by atoms with Gasteiger partial charge in [-0.05, 0) is 40.8 Å². The average molecular weight is 301 g/mol. The van der Waals surface area contributed by atoms with Crippen molar-refractivity contribution < 1.29 is 9.90 Å². The van der Waals surface area contributed by atoms with Crippen LogP contribution in [0.15, 0.2) is 47.2 Å². The van der Waals surface area contributed by atoms with E-state index in [1.807, 2.05) is 52.1 Å². The lowest BCUT2D eigenvalue weighted by Gasteiger charge is -2.26. The molecule has 3 rings (SSSR count). The van der Waals surface area contributed by atoms with Crippen molar-refractivity contribution in [3.63, 3.8) is 0 Å². The van der Waals surface area contributed by atoms with Crippen molar-refractivity contribution in [1.82, 2.24) is 4.90 Å². The van der Waals surface area contributed by atoms with E-state index < -0.39 is 6.10 Å². The van der Waals surface area contributed by atoms with E-state index in [2.05, 4.69) is 0 Å². The molecule has 3 nitrogen and oxygen atoms in total. The van der Waals surface area contributed by atoms with E-state index in [1.165, 1.54) is 0 Å². The second-order valence-electron chi connectivity index (χ2n) is 5.51. The first-order valence-electron chi connectivity index (χ1n) is 7.26. The standard InChI is InChI=1S/C17H19NO2S/c19-16-6-8-18(17(20)11-14-7-9-21-12-14)15(16)10-13-4-2-1-3-5-13/h1-5,7,9,12,15-16,19H,6,8,10-11H2/t15-,16+/m0/s1. The molecule has 1 fully saturated rings. The number of benzene rings is 1. The molecule has 0 unspecified atom stereocenters. The van der Waals surface area contributed by atoms with Gasteiger partial charge < -0.3 is 10.0 Å². The lowest BCUT2D eigenvalue weighted by molar-refractivity contribution is -0.132. The number of hydrogen-bond donors (Lipinski definition) is 1. The molecule has 4 heteroatoms. The Hall–Kier alpha value is -1.65. The minimum absolute atomic E-state index is 0.0986. The van der Waals surface area contributed by atoms with Gasteiger partial charge in [0.25, 0.3) is 0 Å². The van der Waals surface area contributed by atoms with E-state index in [0.717, 1.165) is 17.5 Å². The number of amides is 1. The lowest BCUT2D eigenvalue weighted by atomic mass is 10.0. The Kier molecular flexibility index (Phi) is 4.36. The Morgan fingerprint density at radius 3 is 2.76 bits per heavy atom. The maximum atomic E-state index is 12.5. The van der Waals surface area contributed by atoms with Gasteiger partial charge in [0.1, 0.15) is 0 Å². The predicted molar refractivity (Wildman–Crippen MR) is 84.3 cm³/mol. The molecule has 1 aliphatic rings. The summed E-state index contributed by atoms with van der Waals surface area (Å²) in [6.45, 7) is 0.654. The van der Waals surface area contributed by atoms with E-state index in [1.54, 1.807) is 11.3 Å². The molecule has 0 radical (unpaired) electrons. The summed E-state index contributed by atoms with van der Waals surface area (Å²) in [6.07, 6.45) is 1.41. The fourth-order valence-corrected chi connectivity index (χ4v) is 3.59. The molecule has 0 bridgehead atoms. The van der Waals surface area contributed by atoms with Gasteiger partial charge in [-0.25, -0.2) is 0 Å². The molecule has 1 aromatic carbocycles. The minimum atomic E-state index is -0.420. The van der Waals surface area contributed by atoms with E-state index in [0.29, 0.717) is 19.4 Å². The smallest absolute Gasteiger partial charge is 0.227 e. The molecular formula is C17H19NO2S. The van der Waals surface area contributed by atoms with Gasteiger partial charge >= 0.3 is 0 Å². The third-order valence-corrected chi connectivity index (χ3v) is 4.79. The SMILES string of the molecule is O=C(Cc1ccsc1)N1CC[C@@H](O)[C@@H]1Cc1ccccc1. The summed E-state index contributed by atoms with van der Waals surface area (Å²) in [5, 5.41) is 14.2. The first-order chi connectivity index (χ1) is 10.2. The van der Waals surface area contributed by atoms with E-state index in [-0.39, 0.29) is 11.9 Å². The van der Waals surface area contributed by atoms with E-state index in [4.69, 9.17) is 0 Å². The maximum Gasteiger partial charge on any atom is 0.227 e. The van der Waals surface area contributed by atoms with Crippen LogP contribution in [0.4, 0.5) is 0 Å². The molecule has 1 saturated heterocycles. The Labute approximate surface area is 128 Å². The summed E-state index contributed by atoms with van der Waals surface area (Å²) < 4.78 is 0. The van der Waals surface area contributed by atoms with Crippen molar-refractivity contribution in [2.75, 3.05) is 6.54 Å². The second kappa shape index (κ2) is 6.41. The molecule has 21 heavy (non-hydrogen) atoms. The van der Waals surface area contributed by atoms with Crippen LogP contribution in [0.1, 0.15) is 17.5 Å². The van der Waals surface area contributed by atoms with Crippen LogP contribution in [0.5, 0.6) is 0 Å². The van der Waals surface area contributed by atoms with Crippen LogP contribution >= 0.6 is 11.3 Å². The Morgan fingerprint density at radius 1 is 1.24 bits per heavy atom. The van der Waals surface area contributed by atoms with Gasteiger partial charge in [0.2, 0.25) is 5.91 Å². The van der Waals surface area contributed by atoms with Crippen LogP contribution in [-0.2, 0) is 17.6 Å². The maximum absolute atomic E-state index is 12.5. The first-order valence-corrected chi connectivity index (χ1v) is 8.21. The zero-order chi connectivity index (χ0) is 14.7. The summed E-state index contributed by atoms with van der Waals surface area (Å²) in [5.41, 5.74) is 2.22. The number of nitrogens with zero attached hydrogens (tertiary/aromatic N) is 1. The summed E-state index contributed by atoms with van der Waals surface area (Å²) in [4.78, 5) is 14.3. The van der Waals surface area contributed by atoms with Gasteiger partial charge in [-0.3, -0.25) is 4.79 Å². The largest absolute Gasteiger partial charge is 0.391 e. The van der Waals surface area contributed by atoms with Crippen molar-refractivity contribution in [2.24, 2.45) is 0 Å². The van der Waals surface area contributed by atoms with Crippen molar-refractivity contribution in [3.8, 4) is 0 Å². The predicted octanol–water partition coefficient (Wildman–Crippen LogP) is 2.50. The molecule has 0 aliphatic carbocycles. The van der Waals surface area contributed by atoms with Gasteiger partial charge in [-0.1, -0.05) is 30.3 Å². The van der Waals surface area contributed by atoms with Crippen molar-refractivity contribution in [1.29, 1.82) is 0 Å². The highest BCUT2D eigenvalue weighted by Crippen LogP contribution is 2.23. The highest BCUT2D eigenvalue weighted by Gasteiger charge is 2.35. The van der Waals surface area contributed by atoms with Crippen molar-refractivity contribution in [3.05, 3.63) is 58.3 Å². The van der Waals surface area contributed by atoms with Gasteiger partial charge in [-0.2, -0.15) is 11.3 Å². The summed E-state index contributed by atoms with van der Waals surface area (Å²) >= 11 is 1.61. The Bertz CT molecular complexity index is 582. The summed E-state index contributed by atoms with van der Waals surface area (Å²) in [6, 6.07) is 12.0. The molecule has 1 N–H and O–H groups in total. The van der Waals surface area contributed by atoms with Gasteiger partial charge in [0.15, 0.2) is 0 Å². The normalized spacial score (nSPS) is 21.7. The molecular weight excluding hydrogens is 282 g/mol. The minimum Gasteiger partial charge on any atom is -0.391 e. The second-order valence-corrected chi connectivity index (χ2v) is 6.29. The number of rotatable bonds is 4. The van der Waals surface area contributed by atoms with Crippen LogP contribution in [-0.4, -0.2) is 34.6 Å². The van der Waals surface area contributed by atoms with Crippen LogP contribution in [0.25, 0.3) is 0 Å². The van der Waals surface area contributed by atoms with Crippen LogP contribution in [0.3, 0.4) is 0 Å². The van der Waals surface area contributed by atoms with Crippen LogP contribution < -0.4 is 0 Å². The number of hydrogen-bond acceptors (Lipinski definition) is 3. The fraction of sp³-hybridized carbons (Fsp3) is 0.353. The topological polar surface area (TPSA) is 40.5 Å². The molecule has 1 amide bonds. The van der Waals surface area contributed by atoms with Gasteiger partial charge in [0, 0.05) is 6.54 Å². The Morgan fingerprint density at radius 2 is 2.05 bits per heavy atom. The van der Waals surface area contributed by atoms with Gasteiger partial charge in [0.05, 0.1) is 18.6 Å². The molecule has 1 aromatic heterocycles. The molecule has 2 atom stereocenters. The molecule has 0 spiro atoms. The molecule has 0 saturated carbocycles. The zero-order valence-electron chi connectivity index (χ0n) is 11.8. The molecule has 110 valence electrons. The lowest BCUT2D eigenvalue weighted by Crippen LogP contribution is -2.41. The highest BCUT2D eigenvalue weighted by molar-refractivity contribution is 7.07. The fourth-order valence-electron chi connectivity index (χ4n) is 2.92. The van der Waals surface area contributed by atoms with E-state index in [9.17, 15) is 9.90 Å². The summed E-state index contributed by atoms with van der Waals surface area (Å²) in [7, 11) is 0. The number of carbonyl (C=O) groups is 1. The Balaban J connectivity index is 1.70. The third kappa shape index (κ3) is 3.34. The van der Waals surface area contributed by atoms with E-state index >= 15 is 0 Å². The first kappa shape index (κ1) is 14.3. The van der Waals surface area contributed by atoms with Crippen molar-refractivity contribution in [2.45, 2.75) is 31.4 Å². The van der Waals surface area contributed by atoms with Crippen LogP contribution in [0, 0.1) is 0 Å². The summed E-state index contributed by atoms with van der Waals surface area (Å²) in [5.74, 6) is 0.117. The molecule has 1 aliphatic heterocycles. The van der Waals surface area contributed by atoms with Crippen molar-refractivity contribution >= 4 is 17.2 Å². The molecule has 2 heterocycles. The molecule has 2 aromatic rings. The van der Waals surface area contributed by atoms with Gasteiger partial charge in [-0.15, -0.1) is 0 Å².